The molecule has 1 amide bonds. The number of benzene rings is 2. The second kappa shape index (κ2) is 10.9. The molecule has 1 aliphatic heterocycles. The maximum Gasteiger partial charge on any atom is 0.243 e. The summed E-state index contributed by atoms with van der Waals surface area (Å²) in [5.74, 6) is 1.31. The van der Waals surface area contributed by atoms with E-state index in [0.717, 1.165) is 11.3 Å². The number of methoxy groups -OCH3 is 1. The van der Waals surface area contributed by atoms with Gasteiger partial charge in [-0.3, -0.25) is 9.69 Å². The van der Waals surface area contributed by atoms with Crippen molar-refractivity contribution in [2.75, 3.05) is 39.8 Å². The molecule has 0 aliphatic carbocycles. The van der Waals surface area contributed by atoms with Gasteiger partial charge >= 0.3 is 0 Å². The largest absolute Gasteiger partial charge is 0.497 e. The summed E-state index contributed by atoms with van der Waals surface area (Å²) in [6.45, 7) is 2.72. The lowest BCUT2D eigenvalue weighted by molar-refractivity contribution is -0.134. The van der Waals surface area contributed by atoms with Gasteiger partial charge < -0.3 is 14.1 Å². The minimum Gasteiger partial charge on any atom is -0.497 e. The summed E-state index contributed by atoms with van der Waals surface area (Å²) < 4.78 is 38.0. The number of carbonyl (C=O) groups is 1. The zero-order valence-corrected chi connectivity index (χ0v) is 20.0. The topological polar surface area (TPSA) is 83.3 Å². The zero-order valence-electron chi connectivity index (χ0n) is 19.2. The SMILES string of the molecule is COc1ccc(S(=O)(=O)N2CCN(CC(=O)N(Cc3ccccc3)Cc3ccco3)CC2)cc1. The number of piperazine rings is 1. The molecule has 9 heteroatoms. The van der Waals surface area contributed by atoms with Crippen molar-refractivity contribution in [2.45, 2.75) is 18.0 Å². The Bertz CT molecular complexity index is 1160. The van der Waals surface area contributed by atoms with Crippen molar-refractivity contribution in [2.24, 2.45) is 0 Å². The molecule has 1 fully saturated rings. The van der Waals surface area contributed by atoms with E-state index in [1.807, 2.05) is 47.4 Å². The summed E-state index contributed by atoms with van der Waals surface area (Å²) in [5, 5.41) is 0. The minimum absolute atomic E-state index is 0.0216. The van der Waals surface area contributed by atoms with E-state index in [-0.39, 0.29) is 17.3 Å². The van der Waals surface area contributed by atoms with Gasteiger partial charge in [0.1, 0.15) is 11.5 Å². The normalized spacial score (nSPS) is 15.2. The van der Waals surface area contributed by atoms with Crippen molar-refractivity contribution in [1.82, 2.24) is 14.1 Å². The molecule has 1 saturated heterocycles. The van der Waals surface area contributed by atoms with E-state index in [1.165, 1.54) is 4.31 Å². The number of hydrogen-bond donors (Lipinski definition) is 0. The minimum atomic E-state index is -3.59. The molecule has 180 valence electrons. The maximum atomic E-state index is 13.2. The van der Waals surface area contributed by atoms with E-state index in [4.69, 9.17) is 9.15 Å². The molecule has 0 spiro atoms. The molecular formula is C25H29N3O5S. The van der Waals surface area contributed by atoms with Crippen LogP contribution >= 0.6 is 0 Å². The van der Waals surface area contributed by atoms with Gasteiger partial charge in [-0.15, -0.1) is 0 Å². The molecule has 0 bridgehead atoms. The third-order valence-electron chi connectivity index (χ3n) is 5.88. The van der Waals surface area contributed by atoms with E-state index in [2.05, 4.69) is 0 Å². The molecule has 1 aromatic heterocycles. The van der Waals surface area contributed by atoms with Crippen LogP contribution in [0.25, 0.3) is 0 Å². The van der Waals surface area contributed by atoms with Crippen LogP contribution in [-0.4, -0.2) is 68.3 Å². The summed E-state index contributed by atoms with van der Waals surface area (Å²) in [5.41, 5.74) is 1.04. The second-order valence-electron chi connectivity index (χ2n) is 8.17. The highest BCUT2D eigenvalue weighted by Gasteiger charge is 2.30. The lowest BCUT2D eigenvalue weighted by Gasteiger charge is -2.34. The molecule has 2 aromatic carbocycles. The van der Waals surface area contributed by atoms with Crippen LogP contribution in [0.1, 0.15) is 11.3 Å². The number of nitrogens with zero attached hydrogens (tertiary/aromatic N) is 3. The Balaban J connectivity index is 1.36. The Kier molecular flexibility index (Phi) is 7.66. The monoisotopic (exact) mass is 483 g/mol. The standard InChI is InChI=1S/C25H29N3O5S/c1-32-22-9-11-24(12-10-22)34(30,31)28-15-13-26(14-16-28)20-25(29)27(19-23-8-5-17-33-23)18-21-6-3-2-4-7-21/h2-12,17H,13-16,18-20H2,1H3. The fraction of sp³-hybridized carbons (Fsp3) is 0.320. The number of amides is 1. The smallest absolute Gasteiger partial charge is 0.243 e. The third-order valence-corrected chi connectivity index (χ3v) is 7.80. The number of furan rings is 1. The van der Waals surface area contributed by atoms with Gasteiger partial charge in [-0.05, 0) is 42.0 Å². The molecule has 0 N–H and O–H groups in total. The first-order valence-corrected chi connectivity index (χ1v) is 12.6. The van der Waals surface area contributed by atoms with Gasteiger partial charge in [-0.1, -0.05) is 30.3 Å². The second-order valence-corrected chi connectivity index (χ2v) is 10.1. The van der Waals surface area contributed by atoms with Crippen molar-refractivity contribution in [3.63, 3.8) is 0 Å². The Morgan fingerprint density at radius 2 is 1.65 bits per heavy atom. The van der Waals surface area contributed by atoms with Crippen LogP contribution in [0.15, 0.2) is 82.3 Å². The molecule has 0 atom stereocenters. The van der Waals surface area contributed by atoms with Crippen LogP contribution in [0.3, 0.4) is 0 Å². The molecule has 1 aliphatic rings. The Hall–Kier alpha value is -3.14. The first-order valence-electron chi connectivity index (χ1n) is 11.2. The van der Waals surface area contributed by atoms with Gasteiger partial charge in [-0.2, -0.15) is 4.31 Å². The van der Waals surface area contributed by atoms with E-state index in [9.17, 15) is 13.2 Å². The van der Waals surface area contributed by atoms with Crippen molar-refractivity contribution in [3.8, 4) is 5.75 Å². The van der Waals surface area contributed by atoms with Crippen LogP contribution in [0.2, 0.25) is 0 Å². The summed E-state index contributed by atoms with van der Waals surface area (Å²) in [6.07, 6.45) is 1.60. The molecule has 2 heterocycles. The highest BCUT2D eigenvalue weighted by molar-refractivity contribution is 7.89. The van der Waals surface area contributed by atoms with Gasteiger partial charge in [0.25, 0.3) is 0 Å². The summed E-state index contributed by atoms with van der Waals surface area (Å²) >= 11 is 0. The molecule has 8 nitrogen and oxygen atoms in total. The van der Waals surface area contributed by atoms with E-state index in [0.29, 0.717) is 45.0 Å². The average Bonchev–Trinajstić information content (AvgIpc) is 3.38. The van der Waals surface area contributed by atoms with E-state index < -0.39 is 10.0 Å². The number of rotatable bonds is 9. The first-order chi connectivity index (χ1) is 16.5. The van der Waals surface area contributed by atoms with Gasteiger partial charge in [-0.25, -0.2) is 8.42 Å². The third kappa shape index (κ3) is 5.85. The lowest BCUT2D eigenvalue weighted by Crippen LogP contribution is -2.51. The van der Waals surface area contributed by atoms with Gasteiger partial charge in [0.2, 0.25) is 15.9 Å². The predicted molar refractivity (Wildman–Crippen MR) is 128 cm³/mol. The average molecular weight is 484 g/mol. The fourth-order valence-corrected chi connectivity index (χ4v) is 5.36. The zero-order chi connectivity index (χ0) is 24.0. The molecule has 0 saturated carbocycles. The van der Waals surface area contributed by atoms with Crippen LogP contribution in [0.4, 0.5) is 0 Å². The van der Waals surface area contributed by atoms with E-state index in [1.54, 1.807) is 42.5 Å². The fourth-order valence-electron chi connectivity index (χ4n) is 3.94. The summed E-state index contributed by atoms with van der Waals surface area (Å²) in [7, 11) is -2.05. The lowest BCUT2D eigenvalue weighted by atomic mass is 10.2. The molecular weight excluding hydrogens is 454 g/mol. The molecule has 0 radical (unpaired) electrons. The summed E-state index contributed by atoms with van der Waals surface area (Å²) in [6, 6.07) is 19.9. The predicted octanol–water partition coefficient (Wildman–Crippen LogP) is 2.82. The quantitative estimate of drug-likeness (QED) is 0.466. The molecule has 34 heavy (non-hydrogen) atoms. The number of carbonyl (C=O) groups excluding carboxylic acids is 1. The number of sulfonamides is 1. The van der Waals surface area contributed by atoms with Crippen LogP contribution in [0.5, 0.6) is 5.75 Å². The highest BCUT2D eigenvalue weighted by atomic mass is 32.2. The molecule has 3 aromatic rings. The Labute approximate surface area is 200 Å². The van der Waals surface area contributed by atoms with Crippen molar-refractivity contribution in [1.29, 1.82) is 0 Å². The summed E-state index contributed by atoms with van der Waals surface area (Å²) in [4.78, 5) is 17.2. The Morgan fingerprint density at radius 1 is 0.941 bits per heavy atom. The molecule has 0 unspecified atom stereocenters. The van der Waals surface area contributed by atoms with Gasteiger partial charge in [0.15, 0.2) is 0 Å². The Morgan fingerprint density at radius 3 is 2.26 bits per heavy atom. The van der Waals surface area contributed by atoms with Crippen LogP contribution in [0, 0.1) is 0 Å². The number of ether oxygens (including phenoxy) is 1. The van der Waals surface area contributed by atoms with Crippen LogP contribution < -0.4 is 4.74 Å². The van der Waals surface area contributed by atoms with Gasteiger partial charge in [0.05, 0.1) is 31.4 Å². The first kappa shape index (κ1) is 24.0. The van der Waals surface area contributed by atoms with Gasteiger partial charge in [0, 0.05) is 32.7 Å². The van der Waals surface area contributed by atoms with Crippen molar-refractivity contribution in [3.05, 3.63) is 84.3 Å². The molecule has 4 rings (SSSR count). The van der Waals surface area contributed by atoms with Crippen LogP contribution in [-0.2, 0) is 27.9 Å². The maximum absolute atomic E-state index is 13.2. The van der Waals surface area contributed by atoms with Crippen molar-refractivity contribution < 1.29 is 22.4 Å². The number of hydrogen-bond acceptors (Lipinski definition) is 6. The van der Waals surface area contributed by atoms with E-state index >= 15 is 0 Å². The van der Waals surface area contributed by atoms with Crippen molar-refractivity contribution >= 4 is 15.9 Å². The highest BCUT2D eigenvalue weighted by Crippen LogP contribution is 2.21.